The minimum Gasteiger partial charge on any atom is -0.489 e. The van der Waals surface area contributed by atoms with Crippen molar-refractivity contribution in [2.45, 2.75) is 38.2 Å². The molecule has 0 spiro atoms. The zero-order chi connectivity index (χ0) is 18.6. The normalized spacial score (nSPS) is 20.3. The molecule has 3 aromatic rings. The van der Waals surface area contributed by atoms with Crippen molar-refractivity contribution in [1.29, 1.82) is 0 Å². The molecule has 1 fully saturated rings. The number of pyridine rings is 1. The molecular formula is C23H29N3O. The van der Waals surface area contributed by atoms with E-state index in [9.17, 15) is 0 Å². The van der Waals surface area contributed by atoms with Crippen LogP contribution in [-0.4, -0.2) is 35.2 Å². The van der Waals surface area contributed by atoms with Crippen molar-refractivity contribution in [3.63, 3.8) is 0 Å². The Labute approximate surface area is 161 Å². The standard InChI is InChI=1S/C23H29N3O/c1-25(2)16-18-8-10-20(11-9-18)22-15-24-26-13-12-21(14-23(22)26)27-17-19-6-4-3-5-7-19/h3-7,12-15,18,20H,8-11,16-17H2,1-2H3. The third-order valence-corrected chi connectivity index (χ3v) is 5.68. The number of hydrogen-bond acceptors (Lipinski definition) is 3. The Kier molecular flexibility index (Phi) is 5.44. The van der Waals surface area contributed by atoms with Crippen molar-refractivity contribution in [3.8, 4) is 5.75 Å². The minimum absolute atomic E-state index is 0.593. The van der Waals surface area contributed by atoms with Gasteiger partial charge in [-0.25, -0.2) is 4.52 Å². The van der Waals surface area contributed by atoms with Crippen LogP contribution < -0.4 is 4.74 Å². The first-order valence-electron chi connectivity index (χ1n) is 9.98. The molecule has 142 valence electrons. The molecule has 2 aromatic heterocycles. The van der Waals surface area contributed by atoms with E-state index < -0.39 is 0 Å². The number of aromatic nitrogens is 2. The van der Waals surface area contributed by atoms with E-state index in [1.165, 1.54) is 48.9 Å². The predicted molar refractivity (Wildman–Crippen MR) is 109 cm³/mol. The van der Waals surface area contributed by atoms with Crippen LogP contribution in [0, 0.1) is 5.92 Å². The number of fused-ring (bicyclic) bond motifs is 1. The molecule has 0 aliphatic heterocycles. The summed E-state index contributed by atoms with van der Waals surface area (Å²) in [5, 5.41) is 4.57. The third-order valence-electron chi connectivity index (χ3n) is 5.68. The van der Waals surface area contributed by atoms with Crippen LogP contribution in [0.1, 0.15) is 42.7 Å². The van der Waals surface area contributed by atoms with E-state index in [-0.39, 0.29) is 0 Å². The molecule has 0 bridgehead atoms. The highest BCUT2D eigenvalue weighted by atomic mass is 16.5. The maximum absolute atomic E-state index is 6.03. The third kappa shape index (κ3) is 4.33. The van der Waals surface area contributed by atoms with Crippen LogP contribution in [0.15, 0.2) is 54.9 Å². The molecule has 4 heteroatoms. The smallest absolute Gasteiger partial charge is 0.123 e. The van der Waals surface area contributed by atoms with Gasteiger partial charge < -0.3 is 9.64 Å². The summed E-state index contributed by atoms with van der Waals surface area (Å²) in [5.74, 6) is 2.36. The van der Waals surface area contributed by atoms with Crippen molar-refractivity contribution in [3.05, 3.63) is 66.0 Å². The van der Waals surface area contributed by atoms with Gasteiger partial charge in [-0.2, -0.15) is 5.10 Å². The fourth-order valence-corrected chi connectivity index (χ4v) is 4.30. The molecule has 1 aliphatic carbocycles. The van der Waals surface area contributed by atoms with Crippen molar-refractivity contribution in [2.75, 3.05) is 20.6 Å². The maximum Gasteiger partial charge on any atom is 0.123 e. The fourth-order valence-electron chi connectivity index (χ4n) is 4.30. The van der Waals surface area contributed by atoms with Crippen LogP contribution in [0.5, 0.6) is 5.75 Å². The summed E-state index contributed by atoms with van der Waals surface area (Å²) in [6, 6.07) is 14.5. The molecule has 2 heterocycles. The van der Waals surface area contributed by atoms with Crippen LogP contribution >= 0.6 is 0 Å². The van der Waals surface area contributed by atoms with Crippen LogP contribution in [0.25, 0.3) is 5.52 Å². The van der Waals surface area contributed by atoms with Gasteiger partial charge in [-0.15, -0.1) is 0 Å². The van der Waals surface area contributed by atoms with Gasteiger partial charge in [0.15, 0.2) is 0 Å². The van der Waals surface area contributed by atoms with Crippen LogP contribution in [-0.2, 0) is 6.61 Å². The Morgan fingerprint density at radius 1 is 1.07 bits per heavy atom. The van der Waals surface area contributed by atoms with Gasteiger partial charge in [-0.05, 0) is 63.2 Å². The van der Waals surface area contributed by atoms with Crippen LogP contribution in [0.4, 0.5) is 0 Å². The lowest BCUT2D eigenvalue weighted by Crippen LogP contribution is -2.25. The van der Waals surface area contributed by atoms with E-state index in [2.05, 4.69) is 48.5 Å². The van der Waals surface area contributed by atoms with Gasteiger partial charge >= 0.3 is 0 Å². The minimum atomic E-state index is 0.593. The first kappa shape index (κ1) is 18.1. The van der Waals surface area contributed by atoms with E-state index in [1.807, 2.05) is 35.0 Å². The second-order valence-corrected chi connectivity index (χ2v) is 8.05. The Morgan fingerprint density at radius 2 is 1.85 bits per heavy atom. The highest BCUT2D eigenvalue weighted by Gasteiger charge is 2.25. The van der Waals surface area contributed by atoms with E-state index in [1.54, 1.807) is 0 Å². The van der Waals surface area contributed by atoms with Crippen molar-refractivity contribution in [1.82, 2.24) is 14.5 Å². The first-order valence-corrected chi connectivity index (χ1v) is 9.98. The summed E-state index contributed by atoms with van der Waals surface area (Å²) in [4.78, 5) is 2.32. The molecule has 0 N–H and O–H groups in total. The molecule has 4 nitrogen and oxygen atoms in total. The summed E-state index contributed by atoms with van der Waals surface area (Å²) < 4.78 is 8.01. The second kappa shape index (κ2) is 8.13. The first-order chi connectivity index (χ1) is 13.2. The summed E-state index contributed by atoms with van der Waals surface area (Å²) in [7, 11) is 4.35. The Morgan fingerprint density at radius 3 is 2.59 bits per heavy atom. The largest absolute Gasteiger partial charge is 0.489 e. The lowest BCUT2D eigenvalue weighted by Gasteiger charge is -2.30. The SMILES string of the molecule is CN(C)CC1CCC(c2cnn3ccc(OCc4ccccc4)cc23)CC1. The molecule has 0 unspecified atom stereocenters. The maximum atomic E-state index is 6.03. The summed E-state index contributed by atoms with van der Waals surface area (Å²) in [5.41, 5.74) is 3.76. The molecule has 27 heavy (non-hydrogen) atoms. The van der Waals surface area contributed by atoms with Gasteiger partial charge in [0.1, 0.15) is 12.4 Å². The Hall–Kier alpha value is -2.33. The molecule has 0 atom stereocenters. The number of rotatable bonds is 6. The number of benzene rings is 1. The Bertz CT molecular complexity index is 864. The number of ether oxygens (including phenoxy) is 1. The summed E-state index contributed by atoms with van der Waals surface area (Å²) >= 11 is 0. The number of nitrogens with zero attached hydrogens (tertiary/aromatic N) is 3. The molecule has 0 saturated heterocycles. The van der Waals surface area contributed by atoms with Gasteiger partial charge in [0.25, 0.3) is 0 Å². The second-order valence-electron chi connectivity index (χ2n) is 8.05. The summed E-state index contributed by atoms with van der Waals surface area (Å²) in [6.45, 7) is 1.80. The topological polar surface area (TPSA) is 29.8 Å². The quantitative estimate of drug-likeness (QED) is 0.633. The zero-order valence-corrected chi connectivity index (χ0v) is 16.3. The highest BCUT2D eigenvalue weighted by molar-refractivity contribution is 5.58. The Balaban J connectivity index is 1.46. The van der Waals surface area contributed by atoms with Gasteiger partial charge in [0, 0.05) is 24.4 Å². The van der Waals surface area contributed by atoms with E-state index in [0.717, 1.165) is 11.7 Å². The van der Waals surface area contributed by atoms with Gasteiger partial charge in [0.05, 0.1) is 11.7 Å². The lowest BCUT2D eigenvalue weighted by atomic mass is 9.79. The molecule has 1 aliphatic rings. The van der Waals surface area contributed by atoms with E-state index in [0.29, 0.717) is 12.5 Å². The number of hydrogen-bond donors (Lipinski definition) is 0. The van der Waals surface area contributed by atoms with Gasteiger partial charge in [0.2, 0.25) is 0 Å². The van der Waals surface area contributed by atoms with E-state index >= 15 is 0 Å². The molecule has 0 amide bonds. The van der Waals surface area contributed by atoms with Crippen molar-refractivity contribution >= 4 is 5.52 Å². The molecule has 1 saturated carbocycles. The lowest BCUT2D eigenvalue weighted by molar-refractivity contribution is 0.250. The molecule has 1 aromatic carbocycles. The zero-order valence-electron chi connectivity index (χ0n) is 16.3. The average molecular weight is 364 g/mol. The monoisotopic (exact) mass is 363 g/mol. The van der Waals surface area contributed by atoms with Gasteiger partial charge in [-0.1, -0.05) is 30.3 Å². The summed E-state index contributed by atoms with van der Waals surface area (Å²) in [6.07, 6.45) is 9.21. The van der Waals surface area contributed by atoms with Crippen molar-refractivity contribution < 1.29 is 4.74 Å². The van der Waals surface area contributed by atoms with Crippen LogP contribution in [0.3, 0.4) is 0 Å². The average Bonchev–Trinajstić information content (AvgIpc) is 3.11. The van der Waals surface area contributed by atoms with Crippen LogP contribution in [0.2, 0.25) is 0 Å². The van der Waals surface area contributed by atoms with E-state index in [4.69, 9.17) is 4.74 Å². The fraction of sp³-hybridized carbons (Fsp3) is 0.435. The molecular weight excluding hydrogens is 334 g/mol. The highest BCUT2D eigenvalue weighted by Crippen LogP contribution is 2.38. The molecule has 0 radical (unpaired) electrons. The molecule has 4 rings (SSSR count). The van der Waals surface area contributed by atoms with Gasteiger partial charge in [-0.3, -0.25) is 0 Å². The predicted octanol–water partition coefficient (Wildman–Crippen LogP) is 4.75. The van der Waals surface area contributed by atoms with Crippen molar-refractivity contribution in [2.24, 2.45) is 5.92 Å².